The Hall–Kier alpha value is -3.71. The lowest BCUT2D eigenvalue weighted by Crippen LogP contribution is -2.30. The molecule has 0 radical (unpaired) electrons. The van der Waals surface area contributed by atoms with Gasteiger partial charge in [0.05, 0.1) is 12.0 Å². The van der Waals surface area contributed by atoms with Crippen molar-refractivity contribution in [2.45, 2.75) is 31.9 Å². The van der Waals surface area contributed by atoms with E-state index >= 15 is 0 Å². The van der Waals surface area contributed by atoms with E-state index in [4.69, 9.17) is 9.47 Å². The number of thioether (sulfide) groups is 1. The number of amides is 1. The number of hydrogen-bond donors (Lipinski definition) is 2. The van der Waals surface area contributed by atoms with E-state index in [0.717, 1.165) is 23.2 Å². The summed E-state index contributed by atoms with van der Waals surface area (Å²) in [6.45, 7) is 6.03. The Labute approximate surface area is 215 Å². The lowest BCUT2D eigenvalue weighted by molar-refractivity contribution is -0.116. The minimum atomic E-state index is -0.322. The maximum Gasteiger partial charge on any atom is 0.260 e. The van der Waals surface area contributed by atoms with Crippen molar-refractivity contribution in [3.63, 3.8) is 0 Å². The smallest absolute Gasteiger partial charge is 0.260 e. The van der Waals surface area contributed by atoms with Crippen LogP contribution in [0.5, 0.6) is 11.5 Å². The molecule has 5 nitrogen and oxygen atoms in total. The highest BCUT2D eigenvalue weighted by Crippen LogP contribution is 2.37. The third-order valence-electron chi connectivity index (χ3n) is 5.76. The molecule has 2 N–H and O–H groups in total. The molecule has 7 heteroatoms. The Morgan fingerprint density at radius 2 is 1.92 bits per heavy atom. The van der Waals surface area contributed by atoms with Crippen molar-refractivity contribution >= 4 is 29.4 Å². The minimum Gasteiger partial charge on any atom is -0.493 e. The molecule has 1 heterocycles. The number of aryl methyl sites for hydroxylation is 1. The zero-order valence-corrected chi connectivity index (χ0v) is 21.2. The first-order valence-corrected chi connectivity index (χ1v) is 12.6. The van der Waals surface area contributed by atoms with Crippen LogP contribution in [0.3, 0.4) is 0 Å². The van der Waals surface area contributed by atoms with Gasteiger partial charge in [-0.2, -0.15) is 0 Å². The Morgan fingerprint density at radius 3 is 2.61 bits per heavy atom. The molecule has 0 unspecified atom stereocenters. The lowest BCUT2D eigenvalue weighted by Gasteiger charge is -2.16. The van der Waals surface area contributed by atoms with Crippen LogP contribution in [0.1, 0.15) is 29.2 Å². The van der Waals surface area contributed by atoms with E-state index in [2.05, 4.69) is 36.3 Å². The second-order valence-corrected chi connectivity index (χ2v) is 9.41. The van der Waals surface area contributed by atoms with E-state index in [9.17, 15) is 9.18 Å². The number of carbonyl (C=O) groups excluding carboxylic acids is 1. The van der Waals surface area contributed by atoms with E-state index in [-0.39, 0.29) is 23.8 Å². The molecule has 36 heavy (non-hydrogen) atoms. The largest absolute Gasteiger partial charge is 0.493 e. The highest BCUT2D eigenvalue weighted by Gasteiger charge is 2.27. The average Bonchev–Trinajstić information content (AvgIpc) is 3.22. The Balaban J connectivity index is 1.54. The van der Waals surface area contributed by atoms with Gasteiger partial charge in [-0.1, -0.05) is 55.1 Å². The van der Waals surface area contributed by atoms with E-state index < -0.39 is 0 Å². The number of methoxy groups -OCH3 is 1. The quantitative estimate of drug-likeness (QED) is 0.251. The molecule has 4 rings (SSSR count). The van der Waals surface area contributed by atoms with Crippen molar-refractivity contribution in [1.82, 2.24) is 5.32 Å². The fraction of sp³-hybridized carbons (Fsp3) is 0.207. The van der Waals surface area contributed by atoms with E-state index in [1.807, 2.05) is 30.3 Å². The number of allylic oxidation sites excluding steroid dienone is 1. The molecule has 0 aliphatic carbocycles. The second kappa shape index (κ2) is 11.8. The van der Waals surface area contributed by atoms with Crippen molar-refractivity contribution in [1.29, 1.82) is 0 Å². The summed E-state index contributed by atoms with van der Waals surface area (Å²) in [5.74, 6) is 0.566. The van der Waals surface area contributed by atoms with Crippen LogP contribution in [0.25, 0.3) is 6.08 Å². The van der Waals surface area contributed by atoms with Gasteiger partial charge in [-0.15, -0.1) is 6.58 Å². The minimum absolute atomic E-state index is 0.0679. The zero-order valence-electron chi connectivity index (χ0n) is 20.3. The predicted octanol–water partition coefficient (Wildman–Crippen LogP) is 6.30. The highest BCUT2D eigenvalue weighted by molar-refractivity contribution is 8.05. The summed E-state index contributed by atoms with van der Waals surface area (Å²) in [4.78, 5) is 13.2. The molecule has 1 aliphatic rings. The van der Waals surface area contributed by atoms with Gasteiger partial charge in [0.1, 0.15) is 12.4 Å². The van der Waals surface area contributed by atoms with Gasteiger partial charge >= 0.3 is 0 Å². The van der Waals surface area contributed by atoms with Gasteiger partial charge in [0.25, 0.3) is 5.91 Å². The number of halogens is 1. The summed E-state index contributed by atoms with van der Waals surface area (Å²) < 4.78 is 25.7. The van der Waals surface area contributed by atoms with Gasteiger partial charge in [0.2, 0.25) is 0 Å². The molecule has 0 aromatic heterocycles. The van der Waals surface area contributed by atoms with Gasteiger partial charge in [-0.3, -0.25) is 4.79 Å². The van der Waals surface area contributed by atoms with Crippen LogP contribution in [0, 0.1) is 5.82 Å². The first-order chi connectivity index (χ1) is 17.5. The fourth-order valence-corrected chi connectivity index (χ4v) is 4.84. The van der Waals surface area contributed by atoms with Gasteiger partial charge in [-0.05, 0) is 60.4 Å². The molecule has 0 bridgehead atoms. The van der Waals surface area contributed by atoms with Crippen molar-refractivity contribution in [2.24, 2.45) is 0 Å². The molecule has 1 aliphatic heterocycles. The van der Waals surface area contributed by atoms with Gasteiger partial charge in [0, 0.05) is 16.8 Å². The summed E-state index contributed by atoms with van der Waals surface area (Å²) in [6.07, 6.45) is 5.10. The van der Waals surface area contributed by atoms with Crippen LogP contribution in [0.4, 0.5) is 10.1 Å². The number of rotatable bonds is 10. The number of anilines is 1. The molecule has 186 valence electrons. The summed E-state index contributed by atoms with van der Waals surface area (Å²) in [7, 11) is 1.56. The predicted molar refractivity (Wildman–Crippen MR) is 145 cm³/mol. The monoisotopic (exact) mass is 504 g/mol. The molecule has 1 amide bonds. The standard InChI is InChI=1S/C29H29FN2O3S/c1-4-8-21-15-20(16-25(34-3)27(21)35-18-22-9-6-7-10-24(22)30)17-26-28(33)32-29(36-26)31-23-13-11-19(5-2)12-14-23/h4,6-7,9-17,29,31H,1,5,8,18H2,2-3H3,(H,32,33)/b26-17-/t29-/m0/s1. The molecule has 1 atom stereocenters. The maximum absolute atomic E-state index is 14.1. The van der Waals surface area contributed by atoms with Crippen LogP contribution in [0.15, 0.2) is 78.2 Å². The molecule has 0 saturated carbocycles. The van der Waals surface area contributed by atoms with Crippen molar-refractivity contribution in [3.05, 3.63) is 106 Å². The van der Waals surface area contributed by atoms with Crippen molar-refractivity contribution in [2.75, 3.05) is 12.4 Å². The number of nitrogens with one attached hydrogen (secondary N) is 2. The van der Waals surface area contributed by atoms with E-state index in [0.29, 0.717) is 28.4 Å². The maximum atomic E-state index is 14.1. The van der Waals surface area contributed by atoms with E-state index in [1.165, 1.54) is 23.4 Å². The highest BCUT2D eigenvalue weighted by atomic mass is 32.2. The van der Waals surface area contributed by atoms with Crippen LogP contribution in [-0.4, -0.2) is 18.5 Å². The molecule has 1 fully saturated rings. The molecule has 1 saturated heterocycles. The summed E-state index contributed by atoms with van der Waals surface area (Å²) in [5, 5.41) is 6.30. The van der Waals surface area contributed by atoms with Gasteiger partial charge in [-0.25, -0.2) is 4.39 Å². The normalized spacial score (nSPS) is 16.0. The number of ether oxygens (including phenoxy) is 2. The van der Waals surface area contributed by atoms with Crippen LogP contribution in [0.2, 0.25) is 0 Å². The zero-order chi connectivity index (χ0) is 25.5. The SMILES string of the molecule is C=CCc1cc(/C=C2\S[C@@H](Nc3ccc(CC)cc3)NC2=O)cc(OC)c1OCc1ccccc1F. The molecule has 0 spiro atoms. The first kappa shape index (κ1) is 25.4. The number of benzene rings is 3. The van der Waals surface area contributed by atoms with Gasteiger partial charge in [0.15, 0.2) is 17.0 Å². The summed E-state index contributed by atoms with van der Waals surface area (Å²) in [5.41, 5.74) is 4.02. The van der Waals surface area contributed by atoms with Gasteiger partial charge < -0.3 is 20.1 Å². The van der Waals surface area contributed by atoms with Crippen LogP contribution < -0.4 is 20.1 Å². The average molecular weight is 505 g/mol. The Kier molecular flexibility index (Phi) is 8.33. The molecule has 3 aromatic rings. The molecular weight excluding hydrogens is 475 g/mol. The topological polar surface area (TPSA) is 59.6 Å². The third-order valence-corrected chi connectivity index (χ3v) is 6.79. The summed E-state index contributed by atoms with van der Waals surface area (Å²) in [6, 6.07) is 18.4. The van der Waals surface area contributed by atoms with Crippen molar-refractivity contribution < 1.29 is 18.7 Å². The van der Waals surface area contributed by atoms with E-state index in [1.54, 1.807) is 31.4 Å². The van der Waals surface area contributed by atoms with Crippen molar-refractivity contribution in [3.8, 4) is 11.5 Å². The Bertz CT molecular complexity index is 1270. The summed E-state index contributed by atoms with van der Waals surface area (Å²) >= 11 is 1.42. The third kappa shape index (κ3) is 6.10. The lowest BCUT2D eigenvalue weighted by atomic mass is 10.0. The van der Waals surface area contributed by atoms with Crippen LogP contribution >= 0.6 is 11.8 Å². The number of carbonyl (C=O) groups is 1. The Morgan fingerprint density at radius 1 is 1.14 bits per heavy atom. The number of hydrogen-bond acceptors (Lipinski definition) is 5. The van der Waals surface area contributed by atoms with Crippen LogP contribution in [-0.2, 0) is 24.2 Å². The first-order valence-electron chi connectivity index (χ1n) is 11.7. The second-order valence-electron chi connectivity index (χ2n) is 8.26. The fourth-order valence-electron chi connectivity index (χ4n) is 3.86. The molecule has 3 aromatic carbocycles. The molecular formula is C29H29FN2O3S.